The van der Waals surface area contributed by atoms with Crippen LogP contribution in [0, 0.1) is 0 Å². The van der Waals surface area contributed by atoms with Crippen LogP contribution >= 0.6 is 0 Å². The third-order valence-electron chi connectivity index (χ3n) is 5.02. The first kappa shape index (κ1) is 14.5. The predicted molar refractivity (Wildman–Crippen MR) is 92.4 cm³/mol. The van der Waals surface area contributed by atoms with Crippen LogP contribution in [0.1, 0.15) is 49.1 Å². The molecule has 23 heavy (non-hydrogen) atoms. The monoisotopic (exact) mass is 306 g/mol. The Morgan fingerprint density at radius 2 is 1.83 bits per heavy atom. The first-order valence-corrected chi connectivity index (χ1v) is 8.53. The van der Waals surface area contributed by atoms with Crippen LogP contribution in [0.2, 0.25) is 0 Å². The number of benzene rings is 1. The van der Waals surface area contributed by atoms with Gasteiger partial charge in [-0.3, -0.25) is 0 Å². The van der Waals surface area contributed by atoms with E-state index in [0.29, 0.717) is 0 Å². The summed E-state index contributed by atoms with van der Waals surface area (Å²) in [7, 11) is 0. The van der Waals surface area contributed by atoms with Gasteiger partial charge in [0.05, 0.1) is 12.3 Å². The molecule has 2 heterocycles. The largest absolute Gasteiger partial charge is 0.392 e. The van der Waals surface area contributed by atoms with Gasteiger partial charge in [0.1, 0.15) is 5.65 Å². The van der Waals surface area contributed by atoms with Crippen molar-refractivity contribution in [1.82, 2.24) is 9.38 Å². The van der Waals surface area contributed by atoms with Gasteiger partial charge in [0.15, 0.2) is 0 Å². The number of aliphatic hydroxyl groups is 1. The van der Waals surface area contributed by atoms with Gasteiger partial charge in [-0.15, -0.1) is 0 Å². The second kappa shape index (κ2) is 6.17. The molecule has 0 spiro atoms. The Kier molecular flexibility index (Phi) is 3.88. The summed E-state index contributed by atoms with van der Waals surface area (Å²) in [6, 6.07) is 12.8. The molecule has 0 radical (unpaired) electrons. The Labute approximate surface area is 136 Å². The minimum absolute atomic E-state index is 0.0153. The van der Waals surface area contributed by atoms with Gasteiger partial charge in [-0.05, 0) is 30.4 Å². The van der Waals surface area contributed by atoms with Gasteiger partial charge in [-0.1, -0.05) is 49.6 Å². The van der Waals surface area contributed by atoms with Crippen molar-refractivity contribution in [2.24, 2.45) is 0 Å². The Bertz CT molecular complexity index is 798. The number of fused-ring (bicyclic) bond motifs is 1. The quantitative estimate of drug-likeness (QED) is 0.771. The summed E-state index contributed by atoms with van der Waals surface area (Å²) in [5.74, 6) is 0.736. The van der Waals surface area contributed by atoms with Crippen LogP contribution < -0.4 is 0 Å². The van der Waals surface area contributed by atoms with Crippen LogP contribution in [-0.2, 0) is 6.61 Å². The molecule has 1 aromatic carbocycles. The summed E-state index contributed by atoms with van der Waals surface area (Å²) in [5.41, 5.74) is 5.26. The van der Waals surface area contributed by atoms with Gasteiger partial charge in [0.25, 0.3) is 0 Å². The second-order valence-corrected chi connectivity index (χ2v) is 6.51. The number of rotatable bonds is 3. The molecule has 1 N–H and O–H groups in total. The van der Waals surface area contributed by atoms with E-state index in [9.17, 15) is 5.11 Å². The second-order valence-electron chi connectivity index (χ2n) is 6.51. The fourth-order valence-electron chi connectivity index (χ4n) is 3.70. The molecule has 0 amide bonds. The van der Waals surface area contributed by atoms with E-state index in [4.69, 9.17) is 4.98 Å². The van der Waals surface area contributed by atoms with E-state index < -0.39 is 0 Å². The zero-order valence-corrected chi connectivity index (χ0v) is 13.3. The average Bonchev–Trinajstić information content (AvgIpc) is 3.07. The highest BCUT2D eigenvalue weighted by Gasteiger charge is 2.15. The molecule has 1 saturated carbocycles. The SMILES string of the molecule is OCc1cccn2cc(-c3ccc(C4CCCCC4)cc3)nc12. The van der Waals surface area contributed by atoms with Crippen molar-refractivity contribution in [2.75, 3.05) is 0 Å². The van der Waals surface area contributed by atoms with Crippen LogP contribution in [0.3, 0.4) is 0 Å². The van der Waals surface area contributed by atoms with E-state index in [1.807, 2.05) is 28.9 Å². The van der Waals surface area contributed by atoms with Crippen molar-refractivity contribution in [3.63, 3.8) is 0 Å². The summed E-state index contributed by atoms with van der Waals surface area (Å²) in [6.07, 6.45) is 10.8. The maximum atomic E-state index is 9.44. The Hall–Kier alpha value is -2.13. The van der Waals surface area contributed by atoms with E-state index in [2.05, 4.69) is 24.3 Å². The number of hydrogen-bond donors (Lipinski definition) is 1. The third-order valence-corrected chi connectivity index (χ3v) is 5.02. The first-order chi connectivity index (χ1) is 11.3. The molecule has 118 valence electrons. The molecule has 0 aliphatic heterocycles. The van der Waals surface area contributed by atoms with Crippen LogP contribution in [0.5, 0.6) is 0 Å². The maximum Gasteiger partial charge on any atom is 0.142 e. The smallest absolute Gasteiger partial charge is 0.142 e. The third kappa shape index (κ3) is 2.77. The summed E-state index contributed by atoms with van der Waals surface area (Å²) in [6.45, 7) is 0.0153. The lowest BCUT2D eigenvalue weighted by Gasteiger charge is -2.21. The Balaban J connectivity index is 1.65. The van der Waals surface area contributed by atoms with Crippen molar-refractivity contribution in [1.29, 1.82) is 0 Å². The molecule has 0 bridgehead atoms. The molecule has 1 aliphatic rings. The van der Waals surface area contributed by atoms with Gasteiger partial charge >= 0.3 is 0 Å². The molecule has 1 fully saturated rings. The van der Waals surface area contributed by atoms with Crippen LogP contribution in [0.15, 0.2) is 48.8 Å². The molecular formula is C20H22N2O. The molecule has 4 rings (SSSR count). The highest BCUT2D eigenvalue weighted by atomic mass is 16.3. The summed E-state index contributed by atoms with van der Waals surface area (Å²) in [5, 5.41) is 9.44. The van der Waals surface area contributed by atoms with Crippen molar-refractivity contribution in [2.45, 2.75) is 44.6 Å². The highest BCUT2D eigenvalue weighted by molar-refractivity contribution is 5.64. The lowest BCUT2D eigenvalue weighted by atomic mass is 9.84. The van der Waals surface area contributed by atoms with Crippen molar-refractivity contribution in [3.8, 4) is 11.3 Å². The van der Waals surface area contributed by atoms with Crippen molar-refractivity contribution < 1.29 is 5.11 Å². The highest BCUT2D eigenvalue weighted by Crippen LogP contribution is 2.33. The topological polar surface area (TPSA) is 37.5 Å². The number of nitrogens with zero attached hydrogens (tertiary/aromatic N) is 2. The van der Waals surface area contributed by atoms with E-state index in [1.165, 1.54) is 37.7 Å². The van der Waals surface area contributed by atoms with E-state index in [0.717, 1.165) is 28.4 Å². The summed E-state index contributed by atoms with van der Waals surface area (Å²) < 4.78 is 1.98. The molecule has 3 nitrogen and oxygen atoms in total. The maximum absolute atomic E-state index is 9.44. The minimum atomic E-state index is 0.0153. The molecule has 2 aromatic heterocycles. The lowest BCUT2D eigenvalue weighted by molar-refractivity contribution is 0.282. The average molecular weight is 306 g/mol. The first-order valence-electron chi connectivity index (χ1n) is 8.53. The fourth-order valence-corrected chi connectivity index (χ4v) is 3.70. The van der Waals surface area contributed by atoms with Crippen LogP contribution in [0.4, 0.5) is 0 Å². The fraction of sp³-hybridized carbons (Fsp3) is 0.350. The molecule has 0 atom stereocenters. The number of imidazole rings is 1. The minimum Gasteiger partial charge on any atom is -0.392 e. The Morgan fingerprint density at radius 3 is 2.57 bits per heavy atom. The van der Waals surface area contributed by atoms with Gasteiger partial charge in [-0.25, -0.2) is 4.98 Å². The van der Waals surface area contributed by atoms with Crippen LogP contribution in [0.25, 0.3) is 16.9 Å². The van der Waals surface area contributed by atoms with Gasteiger partial charge < -0.3 is 9.51 Å². The van der Waals surface area contributed by atoms with Crippen molar-refractivity contribution in [3.05, 3.63) is 59.9 Å². The number of aliphatic hydroxyl groups excluding tert-OH is 1. The number of aromatic nitrogens is 2. The number of pyridine rings is 1. The van der Waals surface area contributed by atoms with Crippen LogP contribution in [-0.4, -0.2) is 14.5 Å². The van der Waals surface area contributed by atoms with Crippen molar-refractivity contribution >= 4 is 5.65 Å². The van der Waals surface area contributed by atoms with Gasteiger partial charge in [0, 0.05) is 23.5 Å². The normalized spacial score (nSPS) is 16.0. The predicted octanol–water partition coefficient (Wildman–Crippen LogP) is 4.54. The van der Waals surface area contributed by atoms with Gasteiger partial charge in [0.2, 0.25) is 0 Å². The van der Waals surface area contributed by atoms with E-state index in [-0.39, 0.29) is 6.61 Å². The van der Waals surface area contributed by atoms with Gasteiger partial charge in [-0.2, -0.15) is 0 Å². The van der Waals surface area contributed by atoms with E-state index >= 15 is 0 Å². The Morgan fingerprint density at radius 1 is 1.04 bits per heavy atom. The molecular weight excluding hydrogens is 284 g/mol. The molecule has 1 aliphatic carbocycles. The molecule has 3 heteroatoms. The zero-order valence-electron chi connectivity index (χ0n) is 13.3. The molecule has 3 aromatic rings. The van der Waals surface area contributed by atoms with E-state index in [1.54, 1.807) is 0 Å². The lowest BCUT2D eigenvalue weighted by Crippen LogP contribution is -2.04. The number of hydrogen-bond acceptors (Lipinski definition) is 2. The summed E-state index contributed by atoms with van der Waals surface area (Å²) >= 11 is 0. The standard InChI is InChI=1S/C20H22N2O/c23-14-18-7-4-12-22-13-19(21-20(18)22)17-10-8-16(9-11-17)15-5-2-1-3-6-15/h4,7-13,15,23H,1-3,5-6,14H2. The molecule has 0 saturated heterocycles. The summed E-state index contributed by atoms with van der Waals surface area (Å²) in [4.78, 5) is 4.70. The molecule has 0 unspecified atom stereocenters. The zero-order chi connectivity index (χ0) is 15.6.